The maximum atomic E-state index is 15.0. The molecule has 2 unspecified atom stereocenters. The number of morpholine rings is 1. The molecule has 0 saturated carbocycles. The third kappa shape index (κ3) is 4.69. The lowest BCUT2D eigenvalue weighted by Crippen LogP contribution is -2.37. The van der Waals surface area contributed by atoms with Crippen LogP contribution >= 0.6 is 0 Å². The van der Waals surface area contributed by atoms with Gasteiger partial charge in [0, 0.05) is 35.6 Å². The number of benzene rings is 3. The van der Waals surface area contributed by atoms with Gasteiger partial charge in [-0.1, -0.05) is 53.6 Å². The Kier molecular flexibility index (Phi) is 6.44. The molecule has 0 spiro atoms. The summed E-state index contributed by atoms with van der Waals surface area (Å²) in [5.74, 6) is -1.97. The molecule has 3 heterocycles. The quantitative estimate of drug-likeness (QED) is 0.366. The maximum Gasteiger partial charge on any atom is 0.317 e. The van der Waals surface area contributed by atoms with Gasteiger partial charge in [-0.2, -0.15) is 0 Å². The van der Waals surface area contributed by atoms with Crippen LogP contribution in [0.5, 0.6) is 0 Å². The van der Waals surface area contributed by atoms with Crippen LogP contribution in [-0.4, -0.2) is 59.7 Å². The molecule has 0 bridgehead atoms. The van der Waals surface area contributed by atoms with E-state index >= 15 is 8.78 Å². The number of ether oxygens (including phenoxy) is 1. The van der Waals surface area contributed by atoms with Crippen LogP contribution in [0.15, 0.2) is 76.1 Å². The first-order chi connectivity index (χ1) is 18.6. The van der Waals surface area contributed by atoms with Crippen LogP contribution in [0.2, 0.25) is 0 Å². The largest absolute Gasteiger partial charge is 0.403 e. The van der Waals surface area contributed by atoms with Crippen molar-refractivity contribution in [3.63, 3.8) is 0 Å². The number of aliphatic imine (C=N–C) groups is 1. The molecule has 38 heavy (non-hydrogen) atoms. The standard InChI is InChI=1S/C27H24F2N6O3/c28-19-14-17(35-10-12-37-13-11-35)15-20(29)22(19)26-33-34-27(38-26)32-24-25(36)30-21-9-5-4-8-18(21)23(31-24)16-6-2-1-3-7-16/h1-9,14-15,24-25,30,36H,10-13H2,(H,32,34). The Morgan fingerprint density at radius 2 is 1.66 bits per heavy atom. The summed E-state index contributed by atoms with van der Waals surface area (Å²) in [5, 5.41) is 24.6. The summed E-state index contributed by atoms with van der Waals surface area (Å²) in [5.41, 5.74) is 2.97. The van der Waals surface area contributed by atoms with Crippen LogP contribution in [0, 0.1) is 11.6 Å². The fraction of sp³-hybridized carbons (Fsp3) is 0.222. The molecule has 4 aromatic rings. The first-order valence-corrected chi connectivity index (χ1v) is 12.2. The van der Waals surface area contributed by atoms with E-state index in [0.717, 1.165) is 11.1 Å². The number of hydrogen-bond acceptors (Lipinski definition) is 9. The van der Waals surface area contributed by atoms with Crippen molar-refractivity contribution in [3.05, 3.63) is 89.5 Å². The molecule has 0 aliphatic carbocycles. The molecule has 0 amide bonds. The lowest BCUT2D eigenvalue weighted by Gasteiger charge is -2.29. The highest BCUT2D eigenvalue weighted by molar-refractivity contribution is 6.16. The van der Waals surface area contributed by atoms with Gasteiger partial charge in [0.15, 0.2) is 12.4 Å². The van der Waals surface area contributed by atoms with E-state index in [1.165, 1.54) is 12.1 Å². The molecule has 3 N–H and O–H groups in total. The molecule has 194 valence electrons. The second-order valence-corrected chi connectivity index (χ2v) is 8.86. The summed E-state index contributed by atoms with van der Waals surface area (Å²) < 4.78 is 40.9. The Balaban J connectivity index is 1.29. The minimum atomic E-state index is -1.17. The minimum Gasteiger partial charge on any atom is -0.403 e. The van der Waals surface area contributed by atoms with Gasteiger partial charge in [-0.05, 0) is 18.2 Å². The van der Waals surface area contributed by atoms with Crippen LogP contribution in [-0.2, 0) is 4.74 Å². The fourth-order valence-electron chi connectivity index (χ4n) is 4.55. The van der Waals surface area contributed by atoms with Crippen LogP contribution in [0.25, 0.3) is 11.5 Å². The molecule has 2 atom stereocenters. The highest BCUT2D eigenvalue weighted by Gasteiger charge is 2.28. The van der Waals surface area contributed by atoms with Crippen LogP contribution in [0.1, 0.15) is 11.1 Å². The third-order valence-corrected chi connectivity index (χ3v) is 6.41. The zero-order valence-electron chi connectivity index (χ0n) is 20.1. The van der Waals surface area contributed by atoms with Crippen molar-refractivity contribution in [2.45, 2.75) is 12.4 Å². The summed E-state index contributed by atoms with van der Waals surface area (Å²) in [6.45, 7) is 2.07. The topological polar surface area (TPSA) is 108 Å². The maximum absolute atomic E-state index is 15.0. The molecule has 3 aromatic carbocycles. The van der Waals surface area contributed by atoms with E-state index in [-0.39, 0.29) is 11.9 Å². The van der Waals surface area contributed by atoms with E-state index in [2.05, 4.69) is 20.8 Å². The van der Waals surface area contributed by atoms with Gasteiger partial charge in [-0.3, -0.25) is 4.99 Å². The number of aliphatic hydroxyl groups is 1. The van der Waals surface area contributed by atoms with Gasteiger partial charge < -0.3 is 29.8 Å². The number of nitrogens with zero attached hydrogens (tertiary/aromatic N) is 4. The monoisotopic (exact) mass is 518 g/mol. The minimum absolute atomic E-state index is 0.149. The number of aliphatic hydroxyl groups excluding tert-OH is 1. The first kappa shape index (κ1) is 24.0. The Labute approximate surface area is 216 Å². The smallest absolute Gasteiger partial charge is 0.317 e. The molecular weight excluding hydrogens is 494 g/mol. The van der Waals surface area contributed by atoms with E-state index in [1.54, 1.807) is 0 Å². The van der Waals surface area contributed by atoms with E-state index in [9.17, 15) is 5.11 Å². The van der Waals surface area contributed by atoms with Crippen molar-refractivity contribution >= 4 is 23.1 Å². The van der Waals surface area contributed by atoms with Gasteiger partial charge in [0.1, 0.15) is 17.2 Å². The molecule has 1 aromatic heterocycles. The Bertz CT molecular complexity index is 1450. The van der Waals surface area contributed by atoms with Crippen LogP contribution < -0.4 is 15.5 Å². The predicted molar refractivity (Wildman–Crippen MR) is 138 cm³/mol. The number of benzodiazepines with no additional fused rings is 1. The Hall–Kier alpha value is -4.35. The Morgan fingerprint density at radius 1 is 0.947 bits per heavy atom. The van der Waals surface area contributed by atoms with Crippen molar-refractivity contribution < 1.29 is 23.0 Å². The average Bonchev–Trinajstić information content (AvgIpc) is 3.34. The number of hydrogen-bond donors (Lipinski definition) is 3. The molecule has 1 fully saturated rings. The van der Waals surface area contributed by atoms with Crippen molar-refractivity contribution in [2.24, 2.45) is 4.99 Å². The Morgan fingerprint density at radius 3 is 2.42 bits per heavy atom. The van der Waals surface area contributed by atoms with Crippen LogP contribution in [0.4, 0.5) is 26.2 Å². The molecule has 6 rings (SSSR count). The number of fused-ring (bicyclic) bond motifs is 1. The lowest BCUT2D eigenvalue weighted by atomic mass is 10.0. The highest BCUT2D eigenvalue weighted by Crippen LogP contribution is 2.31. The van der Waals surface area contributed by atoms with E-state index in [4.69, 9.17) is 14.1 Å². The number of aromatic nitrogens is 2. The molecule has 2 aliphatic heterocycles. The normalized spacial score (nSPS) is 19.2. The number of rotatable bonds is 5. The van der Waals surface area contributed by atoms with E-state index < -0.39 is 29.6 Å². The zero-order valence-corrected chi connectivity index (χ0v) is 20.1. The van der Waals surface area contributed by atoms with Gasteiger partial charge in [-0.15, -0.1) is 5.10 Å². The van der Waals surface area contributed by atoms with Gasteiger partial charge in [0.05, 0.1) is 18.9 Å². The molecule has 9 nitrogen and oxygen atoms in total. The van der Waals surface area contributed by atoms with Crippen molar-refractivity contribution in [1.29, 1.82) is 0 Å². The van der Waals surface area contributed by atoms with E-state index in [1.807, 2.05) is 59.5 Å². The van der Waals surface area contributed by atoms with E-state index in [0.29, 0.717) is 43.4 Å². The summed E-state index contributed by atoms with van der Waals surface area (Å²) in [7, 11) is 0. The number of anilines is 3. The number of halogens is 2. The number of para-hydroxylation sites is 1. The summed E-state index contributed by atoms with van der Waals surface area (Å²) in [6.07, 6.45) is -2.13. The predicted octanol–water partition coefficient (Wildman–Crippen LogP) is 3.87. The fourth-order valence-corrected chi connectivity index (χ4v) is 4.55. The summed E-state index contributed by atoms with van der Waals surface area (Å²) in [4.78, 5) is 6.59. The van der Waals surface area contributed by atoms with Gasteiger partial charge >= 0.3 is 6.01 Å². The molecule has 2 aliphatic rings. The van der Waals surface area contributed by atoms with Gasteiger partial charge in [0.2, 0.25) is 0 Å². The van der Waals surface area contributed by atoms with Crippen LogP contribution in [0.3, 0.4) is 0 Å². The summed E-state index contributed by atoms with van der Waals surface area (Å²) in [6, 6.07) is 19.4. The van der Waals surface area contributed by atoms with Crippen molar-refractivity contribution in [1.82, 2.24) is 10.2 Å². The second kappa shape index (κ2) is 10.2. The number of nitrogens with one attached hydrogen (secondary N) is 2. The van der Waals surface area contributed by atoms with Crippen molar-refractivity contribution in [3.8, 4) is 11.5 Å². The van der Waals surface area contributed by atoms with Gasteiger partial charge in [-0.25, -0.2) is 8.78 Å². The molecule has 0 radical (unpaired) electrons. The third-order valence-electron chi connectivity index (χ3n) is 6.41. The first-order valence-electron chi connectivity index (χ1n) is 12.2. The SMILES string of the molecule is OC1Nc2ccccc2C(c2ccccc2)=NC1Nc1nnc(-c2c(F)cc(N3CCOCC3)cc2F)o1. The average molecular weight is 519 g/mol. The van der Waals surface area contributed by atoms with Crippen molar-refractivity contribution in [2.75, 3.05) is 41.8 Å². The lowest BCUT2D eigenvalue weighted by molar-refractivity contribution is 0.122. The molecule has 1 saturated heterocycles. The summed E-state index contributed by atoms with van der Waals surface area (Å²) >= 11 is 0. The highest BCUT2D eigenvalue weighted by atomic mass is 19.1. The van der Waals surface area contributed by atoms with Gasteiger partial charge in [0.25, 0.3) is 5.89 Å². The molecule has 11 heteroatoms. The molecular formula is C27H24F2N6O3. The second-order valence-electron chi connectivity index (χ2n) is 8.86. The zero-order chi connectivity index (χ0) is 26.1.